The third-order valence-electron chi connectivity index (χ3n) is 4.89. The number of piperazine rings is 1. The number of nitrogens with zero attached hydrogens (tertiary/aromatic N) is 4. The Morgan fingerprint density at radius 1 is 0.964 bits per heavy atom. The number of methoxy groups -OCH3 is 1. The zero-order valence-corrected chi connectivity index (χ0v) is 16.4. The summed E-state index contributed by atoms with van der Waals surface area (Å²) < 4.78 is 10.4. The minimum Gasteiger partial charge on any atom is -0.497 e. The van der Waals surface area contributed by atoms with Gasteiger partial charge >= 0.3 is 0 Å². The molecule has 0 N–H and O–H groups in total. The van der Waals surface area contributed by atoms with Crippen LogP contribution < -0.4 is 4.74 Å². The summed E-state index contributed by atoms with van der Waals surface area (Å²) in [5.74, 6) is 1.98. The van der Waals surface area contributed by atoms with Crippen LogP contribution in [0.25, 0.3) is 0 Å². The molecule has 2 heterocycles. The maximum Gasteiger partial charge on any atom is 0.223 e. The molecule has 0 unspecified atom stereocenters. The molecule has 2 aromatic rings. The quantitative estimate of drug-likeness (QED) is 0.718. The van der Waals surface area contributed by atoms with Crippen LogP contribution in [0.2, 0.25) is 0 Å². The molecule has 8 heteroatoms. The maximum absolute atomic E-state index is 12.5. The van der Waals surface area contributed by atoms with Crippen molar-refractivity contribution in [3.63, 3.8) is 0 Å². The Bertz CT molecular complexity index is 795. The zero-order chi connectivity index (χ0) is 19.9. The number of carbonyl (C=O) groups excluding carboxylic acids is 2. The summed E-state index contributed by atoms with van der Waals surface area (Å²) in [6.07, 6.45) is 1.95. The number of rotatable bonds is 7. The van der Waals surface area contributed by atoms with Gasteiger partial charge in [-0.05, 0) is 24.1 Å². The molecule has 28 heavy (non-hydrogen) atoms. The molecule has 1 fully saturated rings. The number of ether oxygens (including phenoxy) is 1. The van der Waals surface area contributed by atoms with Crippen molar-refractivity contribution >= 4 is 11.8 Å². The Balaban J connectivity index is 1.38. The van der Waals surface area contributed by atoms with E-state index in [0.717, 1.165) is 11.3 Å². The van der Waals surface area contributed by atoms with Crippen LogP contribution in [-0.2, 0) is 22.4 Å². The average molecular weight is 386 g/mol. The molecule has 1 aliphatic rings. The summed E-state index contributed by atoms with van der Waals surface area (Å²) in [4.78, 5) is 28.4. The van der Waals surface area contributed by atoms with Crippen molar-refractivity contribution in [1.82, 2.24) is 20.0 Å². The van der Waals surface area contributed by atoms with Crippen molar-refractivity contribution in [2.75, 3.05) is 33.3 Å². The summed E-state index contributed by atoms with van der Waals surface area (Å²) in [7, 11) is 1.63. The van der Waals surface area contributed by atoms with Crippen LogP contribution in [0.3, 0.4) is 0 Å². The minimum atomic E-state index is 0.0567. The molecule has 150 valence electrons. The molecule has 0 bridgehead atoms. The van der Waals surface area contributed by atoms with Gasteiger partial charge in [-0.25, -0.2) is 0 Å². The monoisotopic (exact) mass is 386 g/mol. The topological polar surface area (TPSA) is 88.8 Å². The highest BCUT2D eigenvalue weighted by atomic mass is 16.5. The average Bonchev–Trinajstić information content (AvgIpc) is 3.16. The van der Waals surface area contributed by atoms with Crippen LogP contribution in [0.5, 0.6) is 5.75 Å². The normalized spacial score (nSPS) is 14.2. The van der Waals surface area contributed by atoms with E-state index in [-0.39, 0.29) is 11.8 Å². The van der Waals surface area contributed by atoms with Gasteiger partial charge in [-0.15, -0.1) is 10.2 Å². The molecule has 1 aromatic heterocycles. The second-order valence-corrected chi connectivity index (χ2v) is 6.82. The highest BCUT2D eigenvalue weighted by Crippen LogP contribution is 2.14. The Morgan fingerprint density at radius 2 is 1.54 bits per heavy atom. The molecule has 0 radical (unpaired) electrons. The molecule has 1 aromatic carbocycles. The highest BCUT2D eigenvalue weighted by Gasteiger charge is 2.24. The number of aromatic nitrogens is 2. The van der Waals surface area contributed by atoms with E-state index >= 15 is 0 Å². The van der Waals surface area contributed by atoms with Gasteiger partial charge in [0, 0.05) is 52.4 Å². The first-order valence-electron chi connectivity index (χ1n) is 9.52. The van der Waals surface area contributed by atoms with E-state index in [9.17, 15) is 9.59 Å². The van der Waals surface area contributed by atoms with Crippen molar-refractivity contribution < 1.29 is 18.7 Å². The van der Waals surface area contributed by atoms with E-state index in [1.807, 2.05) is 29.2 Å². The zero-order valence-electron chi connectivity index (χ0n) is 16.4. The van der Waals surface area contributed by atoms with Gasteiger partial charge in [0.2, 0.25) is 23.6 Å². The lowest BCUT2D eigenvalue weighted by Crippen LogP contribution is -2.50. The second kappa shape index (κ2) is 9.34. The lowest BCUT2D eigenvalue weighted by Gasteiger charge is -2.35. The molecule has 0 aliphatic carbocycles. The molecule has 0 spiro atoms. The number of hydrogen-bond donors (Lipinski definition) is 0. The molecule has 0 atom stereocenters. The van der Waals surface area contributed by atoms with Crippen LogP contribution in [-0.4, -0.2) is 65.1 Å². The van der Waals surface area contributed by atoms with Gasteiger partial charge in [0.1, 0.15) is 5.75 Å². The Hall–Kier alpha value is -2.90. The molecular formula is C20H26N4O4. The van der Waals surface area contributed by atoms with E-state index < -0.39 is 0 Å². The van der Waals surface area contributed by atoms with Crippen LogP contribution in [0.1, 0.15) is 30.2 Å². The summed E-state index contributed by atoms with van der Waals surface area (Å²) in [6, 6.07) is 7.76. The Labute approximate surface area is 164 Å². The predicted octanol–water partition coefficient (Wildman–Crippen LogP) is 1.62. The van der Waals surface area contributed by atoms with E-state index in [0.29, 0.717) is 63.6 Å². The van der Waals surface area contributed by atoms with Crippen LogP contribution in [0.15, 0.2) is 28.7 Å². The van der Waals surface area contributed by atoms with Gasteiger partial charge in [0.05, 0.1) is 7.11 Å². The van der Waals surface area contributed by atoms with E-state index in [2.05, 4.69) is 10.2 Å². The van der Waals surface area contributed by atoms with Gasteiger partial charge < -0.3 is 19.0 Å². The minimum absolute atomic E-state index is 0.0567. The number of amides is 2. The van der Waals surface area contributed by atoms with Crippen molar-refractivity contribution in [2.45, 2.75) is 32.6 Å². The lowest BCUT2D eigenvalue weighted by molar-refractivity contribution is -0.139. The summed E-state index contributed by atoms with van der Waals surface area (Å²) in [5.41, 5.74) is 1.11. The molecule has 1 aliphatic heterocycles. The molecule has 2 amide bonds. The lowest BCUT2D eigenvalue weighted by atomic mass is 10.1. The van der Waals surface area contributed by atoms with E-state index in [1.54, 1.807) is 18.9 Å². The van der Waals surface area contributed by atoms with Gasteiger partial charge in [-0.3, -0.25) is 9.59 Å². The second-order valence-electron chi connectivity index (χ2n) is 6.82. The number of carbonyl (C=O) groups is 2. The van der Waals surface area contributed by atoms with Crippen molar-refractivity contribution in [3.05, 3.63) is 41.6 Å². The molecule has 3 rings (SSSR count). The summed E-state index contributed by atoms with van der Waals surface area (Å²) in [6.45, 7) is 4.01. The first-order chi connectivity index (χ1) is 13.5. The first kappa shape index (κ1) is 19.9. The fourth-order valence-electron chi connectivity index (χ4n) is 3.22. The van der Waals surface area contributed by atoms with Crippen LogP contribution in [0, 0.1) is 6.92 Å². The van der Waals surface area contributed by atoms with Crippen molar-refractivity contribution in [3.8, 4) is 5.75 Å². The smallest absolute Gasteiger partial charge is 0.223 e. The number of benzene rings is 1. The largest absolute Gasteiger partial charge is 0.497 e. The van der Waals surface area contributed by atoms with E-state index in [4.69, 9.17) is 9.15 Å². The van der Waals surface area contributed by atoms with Crippen molar-refractivity contribution in [1.29, 1.82) is 0 Å². The molecule has 0 saturated carbocycles. The van der Waals surface area contributed by atoms with Crippen molar-refractivity contribution in [2.24, 2.45) is 0 Å². The number of aryl methyl sites for hydroxylation is 3. The van der Waals surface area contributed by atoms with Gasteiger partial charge in [-0.2, -0.15) is 0 Å². The van der Waals surface area contributed by atoms with E-state index in [1.165, 1.54) is 0 Å². The van der Waals surface area contributed by atoms with Gasteiger partial charge in [-0.1, -0.05) is 12.1 Å². The number of hydrogen-bond acceptors (Lipinski definition) is 6. The summed E-state index contributed by atoms with van der Waals surface area (Å²) in [5, 5.41) is 7.67. The standard InChI is InChI=1S/C20H26N4O4/c1-15-21-22-18(28-15)8-10-20(26)24-13-11-23(12-14-24)19(25)9-5-16-3-6-17(27-2)7-4-16/h3-4,6-7H,5,8-14H2,1-2H3. The Morgan fingerprint density at radius 3 is 2.04 bits per heavy atom. The van der Waals surface area contributed by atoms with Gasteiger partial charge in [0.15, 0.2) is 0 Å². The highest BCUT2D eigenvalue weighted by molar-refractivity contribution is 5.78. The predicted molar refractivity (Wildman–Crippen MR) is 102 cm³/mol. The SMILES string of the molecule is COc1ccc(CCC(=O)N2CCN(C(=O)CCc3nnc(C)o3)CC2)cc1. The molecular weight excluding hydrogens is 360 g/mol. The Kier molecular flexibility index (Phi) is 6.62. The third kappa shape index (κ3) is 5.31. The molecule has 1 saturated heterocycles. The van der Waals surface area contributed by atoms with Gasteiger partial charge in [0.25, 0.3) is 0 Å². The fraction of sp³-hybridized carbons (Fsp3) is 0.500. The first-order valence-corrected chi connectivity index (χ1v) is 9.52. The fourth-order valence-corrected chi connectivity index (χ4v) is 3.22. The maximum atomic E-state index is 12.5. The summed E-state index contributed by atoms with van der Waals surface area (Å²) >= 11 is 0. The van der Waals surface area contributed by atoms with Crippen LogP contribution in [0.4, 0.5) is 0 Å². The molecule has 8 nitrogen and oxygen atoms in total. The third-order valence-corrected chi connectivity index (χ3v) is 4.89. The van der Waals surface area contributed by atoms with Crippen LogP contribution >= 0.6 is 0 Å².